The SMILES string of the molecule is C=C(C)N1CCC(Nc2ncc3c(-c4ccc(N=C(C)C)c(C)n4)ccn3n2)C1.CCC(F)F. The van der Waals surface area contributed by atoms with Crippen molar-refractivity contribution in [3.05, 3.63) is 48.6 Å². The number of nitrogens with zero attached hydrogens (tertiary/aromatic N) is 6. The molecular formula is C25H33F2N7. The number of hydrogen-bond acceptors (Lipinski definition) is 6. The molecule has 182 valence electrons. The number of halogens is 2. The summed E-state index contributed by atoms with van der Waals surface area (Å²) in [6.07, 6.45) is 2.72. The number of nitrogens with one attached hydrogen (secondary N) is 1. The van der Waals surface area contributed by atoms with Crippen LogP contribution in [0.15, 0.2) is 47.9 Å². The Morgan fingerprint density at radius 2 is 2.00 bits per heavy atom. The Hall–Kier alpha value is -3.36. The number of fused-ring (bicyclic) bond motifs is 1. The van der Waals surface area contributed by atoms with Crippen molar-refractivity contribution in [1.82, 2.24) is 24.5 Å². The van der Waals surface area contributed by atoms with Gasteiger partial charge in [0.15, 0.2) is 0 Å². The third kappa shape index (κ3) is 6.36. The molecule has 7 nitrogen and oxygen atoms in total. The molecule has 3 aromatic heterocycles. The predicted octanol–water partition coefficient (Wildman–Crippen LogP) is 5.89. The molecule has 1 fully saturated rings. The Kier molecular flexibility index (Phi) is 8.31. The zero-order valence-corrected chi connectivity index (χ0v) is 20.5. The van der Waals surface area contributed by atoms with Crippen molar-refractivity contribution in [3.63, 3.8) is 0 Å². The molecule has 1 N–H and O–H groups in total. The highest BCUT2D eigenvalue weighted by Crippen LogP contribution is 2.27. The number of rotatable bonds is 6. The summed E-state index contributed by atoms with van der Waals surface area (Å²) in [4.78, 5) is 16.1. The summed E-state index contributed by atoms with van der Waals surface area (Å²) in [7, 11) is 0. The van der Waals surface area contributed by atoms with Crippen molar-refractivity contribution in [3.8, 4) is 11.3 Å². The first-order chi connectivity index (χ1) is 16.2. The van der Waals surface area contributed by atoms with Gasteiger partial charge in [0.05, 0.1) is 28.8 Å². The molecule has 0 spiro atoms. The summed E-state index contributed by atoms with van der Waals surface area (Å²) in [5.41, 5.74) is 6.77. The second-order valence-electron chi connectivity index (χ2n) is 8.61. The maximum Gasteiger partial charge on any atom is 0.241 e. The van der Waals surface area contributed by atoms with Gasteiger partial charge in [0.1, 0.15) is 0 Å². The van der Waals surface area contributed by atoms with E-state index in [2.05, 4.69) is 31.9 Å². The lowest BCUT2D eigenvalue weighted by Gasteiger charge is -2.18. The molecule has 0 aliphatic carbocycles. The van der Waals surface area contributed by atoms with Crippen LogP contribution in [-0.4, -0.2) is 55.8 Å². The van der Waals surface area contributed by atoms with Crippen LogP contribution >= 0.6 is 0 Å². The molecule has 4 heterocycles. The van der Waals surface area contributed by atoms with Crippen LogP contribution in [0.4, 0.5) is 20.4 Å². The number of hydrogen-bond donors (Lipinski definition) is 1. The maximum atomic E-state index is 10.8. The minimum atomic E-state index is -2.12. The van der Waals surface area contributed by atoms with Crippen LogP contribution in [0.1, 0.15) is 46.2 Å². The lowest BCUT2D eigenvalue weighted by Crippen LogP contribution is -2.26. The van der Waals surface area contributed by atoms with Crippen LogP contribution in [0.3, 0.4) is 0 Å². The van der Waals surface area contributed by atoms with Crippen LogP contribution < -0.4 is 5.32 Å². The number of allylic oxidation sites excluding steroid dienone is 1. The van der Waals surface area contributed by atoms with Crippen molar-refractivity contribution in [1.29, 1.82) is 0 Å². The van der Waals surface area contributed by atoms with E-state index in [1.807, 2.05) is 62.8 Å². The summed E-state index contributed by atoms with van der Waals surface area (Å²) in [6, 6.07) is 6.38. The van der Waals surface area contributed by atoms with E-state index in [1.165, 1.54) is 6.92 Å². The first-order valence-electron chi connectivity index (χ1n) is 11.5. The Bertz CT molecular complexity index is 1170. The molecule has 1 aliphatic heterocycles. The Morgan fingerprint density at radius 3 is 2.59 bits per heavy atom. The highest BCUT2D eigenvalue weighted by molar-refractivity contribution is 5.83. The molecule has 1 saturated heterocycles. The van der Waals surface area contributed by atoms with Crippen molar-refractivity contribution >= 4 is 22.9 Å². The van der Waals surface area contributed by atoms with Gasteiger partial charge in [-0.2, -0.15) is 0 Å². The molecule has 0 radical (unpaired) electrons. The van der Waals surface area contributed by atoms with Gasteiger partial charge < -0.3 is 10.2 Å². The molecule has 3 aromatic rings. The average molecular weight is 470 g/mol. The van der Waals surface area contributed by atoms with E-state index in [9.17, 15) is 8.78 Å². The second-order valence-corrected chi connectivity index (χ2v) is 8.61. The number of aliphatic imine (C=N–C) groups is 1. The van der Waals surface area contributed by atoms with E-state index in [-0.39, 0.29) is 6.42 Å². The summed E-state index contributed by atoms with van der Waals surface area (Å²) < 4.78 is 23.4. The minimum absolute atomic E-state index is 0.0278. The molecule has 0 saturated carbocycles. The number of likely N-dealkylation sites (tertiary alicyclic amines) is 1. The summed E-state index contributed by atoms with van der Waals surface area (Å²) in [5.74, 6) is 0.639. The van der Waals surface area contributed by atoms with Gasteiger partial charge in [0.25, 0.3) is 0 Å². The van der Waals surface area contributed by atoms with Crippen molar-refractivity contribution in [2.24, 2.45) is 4.99 Å². The fourth-order valence-electron chi connectivity index (χ4n) is 3.65. The average Bonchev–Trinajstić information content (AvgIpc) is 3.42. The molecule has 0 bridgehead atoms. The van der Waals surface area contributed by atoms with E-state index in [4.69, 9.17) is 4.98 Å². The third-order valence-corrected chi connectivity index (χ3v) is 5.46. The molecule has 34 heavy (non-hydrogen) atoms. The van der Waals surface area contributed by atoms with Crippen LogP contribution in [0.25, 0.3) is 16.8 Å². The largest absolute Gasteiger partial charge is 0.373 e. The topological polar surface area (TPSA) is 70.7 Å². The highest BCUT2D eigenvalue weighted by atomic mass is 19.3. The van der Waals surface area contributed by atoms with Gasteiger partial charge in [-0.1, -0.05) is 13.5 Å². The fourth-order valence-corrected chi connectivity index (χ4v) is 3.65. The van der Waals surface area contributed by atoms with Gasteiger partial charge in [0.2, 0.25) is 12.4 Å². The predicted molar refractivity (Wildman–Crippen MR) is 134 cm³/mol. The van der Waals surface area contributed by atoms with Crippen molar-refractivity contribution < 1.29 is 8.78 Å². The summed E-state index contributed by atoms with van der Waals surface area (Å²) in [5, 5.41) is 8.08. The van der Waals surface area contributed by atoms with Gasteiger partial charge in [-0.3, -0.25) is 9.98 Å². The number of anilines is 1. The van der Waals surface area contributed by atoms with Gasteiger partial charge >= 0.3 is 0 Å². The van der Waals surface area contributed by atoms with Gasteiger partial charge in [-0.05, 0) is 52.3 Å². The lowest BCUT2D eigenvalue weighted by molar-refractivity contribution is 0.144. The summed E-state index contributed by atoms with van der Waals surface area (Å²) in [6.45, 7) is 15.4. The van der Waals surface area contributed by atoms with E-state index >= 15 is 0 Å². The number of pyridine rings is 1. The van der Waals surface area contributed by atoms with Crippen LogP contribution in [0, 0.1) is 6.92 Å². The Balaban J connectivity index is 0.000000588. The molecule has 1 atom stereocenters. The molecule has 0 amide bonds. The van der Waals surface area contributed by atoms with E-state index in [1.54, 1.807) is 0 Å². The monoisotopic (exact) mass is 469 g/mol. The minimum Gasteiger partial charge on any atom is -0.373 e. The second kappa shape index (κ2) is 11.2. The van der Waals surface area contributed by atoms with E-state index in [0.29, 0.717) is 12.0 Å². The maximum absolute atomic E-state index is 10.8. The smallest absolute Gasteiger partial charge is 0.241 e. The Morgan fingerprint density at radius 1 is 1.26 bits per heavy atom. The van der Waals surface area contributed by atoms with E-state index < -0.39 is 6.43 Å². The Labute approximate surface area is 199 Å². The summed E-state index contributed by atoms with van der Waals surface area (Å²) >= 11 is 0. The van der Waals surface area contributed by atoms with Crippen molar-refractivity contribution in [2.75, 3.05) is 18.4 Å². The van der Waals surface area contributed by atoms with Gasteiger partial charge in [-0.25, -0.2) is 18.3 Å². The molecule has 4 rings (SSSR count). The molecule has 9 heteroatoms. The van der Waals surface area contributed by atoms with E-state index in [0.717, 1.165) is 59.1 Å². The fraction of sp³-hybridized carbons (Fsp3) is 0.440. The normalized spacial score (nSPS) is 15.3. The standard InChI is InChI=1S/C22H27N7.C3H6F2/c1-14(2)24-19-6-7-20(25-16(19)5)18-9-11-29-21(18)12-23-22(27-29)26-17-8-10-28(13-17)15(3)4;1-2-3(4)5/h6-7,9,11-12,17H,3,8,10,13H2,1-2,4-5H3,(H,26,27);3H,2H2,1H3. The van der Waals surface area contributed by atoms with Crippen molar-refractivity contribution in [2.45, 2.75) is 59.9 Å². The number of alkyl halides is 2. The van der Waals surface area contributed by atoms with Gasteiger partial charge in [0, 0.05) is 48.7 Å². The van der Waals surface area contributed by atoms with Gasteiger partial charge in [-0.15, -0.1) is 5.10 Å². The molecular weight excluding hydrogens is 436 g/mol. The zero-order chi connectivity index (χ0) is 24.8. The highest BCUT2D eigenvalue weighted by Gasteiger charge is 2.22. The number of aromatic nitrogens is 4. The molecule has 1 aliphatic rings. The number of aryl methyl sites for hydroxylation is 1. The lowest BCUT2D eigenvalue weighted by atomic mass is 10.1. The molecule has 0 aromatic carbocycles. The van der Waals surface area contributed by atoms with Crippen LogP contribution in [0.5, 0.6) is 0 Å². The van der Waals surface area contributed by atoms with Crippen LogP contribution in [0.2, 0.25) is 0 Å². The van der Waals surface area contributed by atoms with Crippen LogP contribution in [-0.2, 0) is 0 Å². The quantitative estimate of drug-likeness (QED) is 0.456. The zero-order valence-electron chi connectivity index (χ0n) is 20.5. The molecule has 1 unspecified atom stereocenters. The third-order valence-electron chi connectivity index (χ3n) is 5.46. The first kappa shape index (κ1) is 25.3. The first-order valence-corrected chi connectivity index (χ1v) is 11.5.